The van der Waals surface area contributed by atoms with E-state index in [0.717, 1.165) is 24.6 Å². The van der Waals surface area contributed by atoms with E-state index in [4.69, 9.17) is 4.74 Å². The highest BCUT2D eigenvalue weighted by Gasteiger charge is 2.43. The Morgan fingerprint density at radius 3 is 2.75 bits per heavy atom. The van der Waals surface area contributed by atoms with Crippen LogP contribution in [0.15, 0.2) is 18.2 Å². The Labute approximate surface area is 122 Å². The second-order valence-electron chi connectivity index (χ2n) is 5.17. The van der Waals surface area contributed by atoms with Gasteiger partial charge in [-0.05, 0) is 23.6 Å². The fourth-order valence-electron chi connectivity index (χ4n) is 3.29. The molecule has 6 heteroatoms. The van der Waals surface area contributed by atoms with Crippen LogP contribution in [0.25, 0.3) is 0 Å². The monoisotopic (exact) mass is 307 g/mol. The molecule has 0 amide bonds. The van der Waals surface area contributed by atoms with Crippen LogP contribution >= 0.6 is 12.4 Å². The van der Waals surface area contributed by atoms with E-state index in [1.54, 1.807) is 0 Å². The molecule has 2 nitrogen and oxygen atoms in total. The molecule has 1 fully saturated rings. The Morgan fingerprint density at radius 2 is 2.10 bits per heavy atom. The summed E-state index contributed by atoms with van der Waals surface area (Å²) in [5, 5.41) is 3.34. The highest BCUT2D eigenvalue weighted by atomic mass is 35.5. The molecule has 3 rings (SSSR count). The van der Waals surface area contributed by atoms with Crippen molar-refractivity contribution in [2.75, 3.05) is 6.54 Å². The molecule has 0 bridgehead atoms. The van der Waals surface area contributed by atoms with Crippen molar-refractivity contribution < 1.29 is 17.9 Å². The molecule has 0 spiro atoms. The van der Waals surface area contributed by atoms with E-state index in [0.29, 0.717) is 5.56 Å². The van der Waals surface area contributed by atoms with E-state index >= 15 is 0 Å². The lowest BCUT2D eigenvalue weighted by molar-refractivity contribution is -0.139. The average Bonchev–Trinajstić information content (AvgIpc) is 2.80. The highest BCUT2D eigenvalue weighted by Crippen LogP contribution is 2.43. The fourth-order valence-corrected chi connectivity index (χ4v) is 3.29. The van der Waals surface area contributed by atoms with Crippen LogP contribution in [0, 0.1) is 0 Å². The summed E-state index contributed by atoms with van der Waals surface area (Å²) in [7, 11) is 0. The number of hydrogen-bond acceptors (Lipinski definition) is 2. The zero-order valence-electron chi connectivity index (χ0n) is 11.0. The molecule has 112 valence electrons. The Bertz CT molecular complexity index is 492. The summed E-state index contributed by atoms with van der Waals surface area (Å²) in [6.07, 6.45) is -3.42. The summed E-state index contributed by atoms with van der Waals surface area (Å²) < 4.78 is 44.7. The van der Waals surface area contributed by atoms with Crippen LogP contribution < -0.4 is 5.32 Å². The van der Waals surface area contributed by atoms with Gasteiger partial charge in [0.05, 0.1) is 18.3 Å². The summed E-state index contributed by atoms with van der Waals surface area (Å²) in [5.41, 5.74) is 0.575. The number of rotatable bonds is 1. The van der Waals surface area contributed by atoms with Gasteiger partial charge in [-0.15, -0.1) is 12.4 Å². The molecule has 1 aromatic carbocycles. The van der Waals surface area contributed by atoms with E-state index in [9.17, 15) is 13.2 Å². The molecule has 3 atom stereocenters. The maximum atomic E-state index is 13.0. The molecule has 1 aromatic rings. The smallest absolute Gasteiger partial charge is 0.371 e. The second kappa shape index (κ2) is 5.54. The largest absolute Gasteiger partial charge is 0.416 e. The molecular weight excluding hydrogens is 291 g/mol. The first-order valence-electron chi connectivity index (χ1n) is 6.56. The molecule has 2 aliphatic rings. The predicted octanol–water partition coefficient (Wildman–Crippen LogP) is 3.49. The van der Waals surface area contributed by atoms with E-state index < -0.39 is 11.7 Å². The van der Waals surface area contributed by atoms with Crippen LogP contribution in [0.1, 0.15) is 36.0 Å². The minimum atomic E-state index is -4.31. The number of benzene rings is 1. The molecular formula is C14H17ClF3NO. The third-order valence-corrected chi connectivity index (χ3v) is 4.17. The van der Waals surface area contributed by atoms with Crippen molar-refractivity contribution in [3.63, 3.8) is 0 Å². The van der Waals surface area contributed by atoms with Crippen LogP contribution in [0.5, 0.6) is 0 Å². The molecule has 0 saturated carbocycles. The maximum absolute atomic E-state index is 13.0. The first-order chi connectivity index (χ1) is 9.02. The minimum Gasteiger partial charge on any atom is -0.371 e. The average molecular weight is 308 g/mol. The Balaban J connectivity index is 0.00000147. The van der Waals surface area contributed by atoms with Gasteiger partial charge in [0.15, 0.2) is 0 Å². The van der Waals surface area contributed by atoms with E-state index in [2.05, 4.69) is 5.32 Å². The van der Waals surface area contributed by atoms with Crippen LogP contribution in [0.2, 0.25) is 0 Å². The zero-order valence-corrected chi connectivity index (χ0v) is 11.9. The van der Waals surface area contributed by atoms with Crippen molar-refractivity contribution >= 4 is 12.4 Å². The van der Waals surface area contributed by atoms with E-state index in [1.165, 1.54) is 6.07 Å². The maximum Gasteiger partial charge on any atom is 0.416 e. The van der Waals surface area contributed by atoms with Crippen molar-refractivity contribution in [1.82, 2.24) is 5.32 Å². The van der Waals surface area contributed by atoms with E-state index in [1.807, 2.05) is 13.0 Å². The van der Waals surface area contributed by atoms with Gasteiger partial charge in [-0.25, -0.2) is 0 Å². The second-order valence-corrected chi connectivity index (χ2v) is 5.17. The quantitative estimate of drug-likeness (QED) is 0.857. The van der Waals surface area contributed by atoms with Gasteiger partial charge in [0.1, 0.15) is 0 Å². The molecule has 0 aromatic heterocycles. The van der Waals surface area contributed by atoms with E-state index in [-0.39, 0.29) is 37.1 Å². The van der Waals surface area contributed by atoms with Crippen molar-refractivity contribution in [2.45, 2.75) is 44.2 Å². The summed E-state index contributed by atoms with van der Waals surface area (Å²) in [4.78, 5) is 0. The number of hydrogen-bond donors (Lipinski definition) is 1. The van der Waals surface area contributed by atoms with Crippen LogP contribution in [0.4, 0.5) is 13.2 Å². The number of nitrogens with one attached hydrogen (secondary N) is 1. The molecule has 3 unspecified atom stereocenters. The lowest BCUT2D eigenvalue weighted by Gasteiger charge is -2.32. The Kier molecular flexibility index (Phi) is 4.33. The van der Waals surface area contributed by atoms with Gasteiger partial charge < -0.3 is 10.1 Å². The first-order valence-corrected chi connectivity index (χ1v) is 6.56. The van der Waals surface area contributed by atoms with Crippen LogP contribution in [-0.4, -0.2) is 18.7 Å². The minimum absolute atomic E-state index is 0. The van der Waals surface area contributed by atoms with Crippen molar-refractivity contribution in [3.05, 3.63) is 34.9 Å². The topological polar surface area (TPSA) is 21.3 Å². The lowest BCUT2D eigenvalue weighted by Crippen LogP contribution is -2.31. The van der Waals surface area contributed by atoms with Crippen molar-refractivity contribution in [3.8, 4) is 0 Å². The molecule has 20 heavy (non-hydrogen) atoms. The molecule has 2 aliphatic heterocycles. The zero-order chi connectivity index (χ0) is 13.6. The third-order valence-electron chi connectivity index (χ3n) is 4.17. The summed E-state index contributed by atoms with van der Waals surface area (Å²) in [6.45, 7) is 2.82. The van der Waals surface area contributed by atoms with Gasteiger partial charge >= 0.3 is 6.18 Å². The number of halogens is 4. The summed E-state index contributed by atoms with van der Waals surface area (Å²) >= 11 is 0. The molecule has 1 saturated heterocycles. The van der Waals surface area contributed by atoms with Crippen LogP contribution in [-0.2, 0) is 17.5 Å². The van der Waals surface area contributed by atoms with Crippen LogP contribution in [0.3, 0.4) is 0 Å². The van der Waals surface area contributed by atoms with Crippen molar-refractivity contribution in [1.29, 1.82) is 0 Å². The fraction of sp³-hybridized carbons (Fsp3) is 0.571. The van der Waals surface area contributed by atoms with Gasteiger partial charge in [-0.1, -0.05) is 19.1 Å². The van der Waals surface area contributed by atoms with Gasteiger partial charge in [0.2, 0.25) is 0 Å². The first kappa shape index (κ1) is 15.6. The summed E-state index contributed by atoms with van der Waals surface area (Å²) in [6, 6.07) is 4.67. The SMILES string of the molecule is CCC1NCC2OCc3c(cccc3C(F)(F)F)C12.Cl. The van der Waals surface area contributed by atoms with Gasteiger partial charge in [-0.3, -0.25) is 0 Å². The Hall–Kier alpha value is -0.780. The predicted molar refractivity (Wildman–Crippen MR) is 72.1 cm³/mol. The number of ether oxygens (including phenoxy) is 1. The van der Waals surface area contributed by atoms with Gasteiger partial charge in [0, 0.05) is 18.5 Å². The summed E-state index contributed by atoms with van der Waals surface area (Å²) in [5.74, 6) is 0.0380. The highest BCUT2D eigenvalue weighted by molar-refractivity contribution is 5.85. The third kappa shape index (κ3) is 2.43. The molecule has 1 N–H and O–H groups in total. The van der Waals surface area contributed by atoms with Gasteiger partial charge in [-0.2, -0.15) is 13.2 Å². The lowest BCUT2D eigenvalue weighted by atomic mass is 9.82. The van der Waals surface area contributed by atoms with Crippen molar-refractivity contribution in [2.24, 2.45) is 0 Å². The molecule has 0 aliphatic carbocycles. The number of alkyl halides is 3. The standard InChI is InChI=1S/C14H16F3NO.ClH/c1-2-11-13-8-4-3-5-10(14(15,16)17)9(8)7-19-12(13)6-18-11;/h3-5,11-13,18H,2,6-7H2,1H3;1H. The Morgan fingerprint density at radius 1 is 1.35 bits per heavy atom. The van der Waals surface area contributed by atoms with Gasteiger partial charge in [0.25, 0.3) is 0 Å². The molecule has 2 heterocycles. The normalized spacial score (nSPS) is 28.5. The number of fused-ring (bicyclic) bond motifs is 3. The molecule has 0 radical (unpaired) electrons.